The molecule has 0 bridgehead atoms. The highest BCUT2D eigenvalue weighted by molar-refractivity contribution is 6.17. The standard InChI is InChI=1S/C27H25NO5/c1-17(2)15-23(30)24-25(28(27(32)26(24)31)21-13-6-7-14-22(21)29)18-9-8-12-20(16-18)33-19-10-4-3-5-11-19/h3-14,16-17,25,29,31H,15H2,1-2H3. The molecule has 1 unspecified atom stereocenters. The van der Waals surface area contributed by atoms with E-state index < -0.39 is 17.7 Å². The van der Waals surface area contributed by atoms with Gasteiger partial charge in [0, 0.05) is 6.42 Å². The minimum atomic E-state index is -0.906. The number of phenolic OH excluding ortho intramolecular Hbond substituents is 1. The highest BCUT2D eigenvalue weighted by Gasteiger charge is 2.45. The van der Waals surface area contributed by atoms with E-state index in [2.05, 4.69) is 0 Å². The molecule has 0 radical (unpaired) electrons. The van der Waals surface area contributed by atoms with Crippen molar-refractivity contribution in [3.8, 4) is 17.2 Å². The van der Waals surface area contributed by atoms with Crippen molar-refractivity contribution < 1.29 is 24.5 Å². The average Bonchev–Trinajstić information content (AvgIpc) is 3.05. The summed E-state index contributed by atoms with van der Waals surface area (Å²) in [5.41, 5.74) is 0.811. The summed E-state index contributed by atoms with van der Waals surface area (Å²) in [5, 5.41) is 21.2. The molecule has 1 aliphatic rings. The molecule has 0 saturated carbocycles. The van der Waals surface area contributed by atoms with Crippen LogP contribution in [0, 0.1) is 5.92 Å². The van der Waals surface area contributed by atoms with Gasteiger partial charge in [-0.25, -0.2) is 0 Å². The molecule has 2 N–H and O–H groups in total. The summed E-state index contributed by atoms with van der Waals surface area (Å²) in [4.78, 5) is 27.5. The molecular formula is C27H25NO5. The van der Waals surface area contributed by atoms with Crippen LogP contribution in [0.2, 0.25) is 0 Å². The van der Waals surface area contributed by atoms with Crippen molar-refractivity contribution in [2.24, 2.45) is 5.92 Å². The van der Waals surface area contributed by atoms with Crippen LogP contribution in [0.1, 0.15) is 31.9 Å². The van der Waals surface area contributed by atoms with Gasteiger partial charge in [0.25, 0.3) is 5.91 Å². The number of amides is 1. The maximum Gasteiger partial charge on any atom is 0.294 e. The number of aromatic hydroxyl groups is 1. The van der Waals surface area contributed by atoms with Gasteiger partial charge in [-0.3, -0.25) is 14.5 Å². The molecule has 0 aromatic heterocycles. The molecule has 0 fully saturated rings. The van der Waals surface area contributed by atoms with Crippen LogP contribution in [-0.2, 0) is 9.59 Å². The number of anilines is 1. The molecule has 6 heteroatoms. The molecule has 0 spiro atoms. The van der Waals surface area contributed by atoms with E-state index in [1.165, 1.54) is 11.0 Å². The lowest BCUT2D eigenvalue weighted by atomic mass is 9.92. The smallest absolute Gasteiger partial charge is 0.294 e. The van der Waals surface area contributed by atoms with E-state index in [1.54, 1.807) is 42.5 Å². The molecule has 3 aromatic carbocycles. The number of carbonyl (C=O) groups excluding carboxylic acids is 2. The summed E-state index contributed by atoms with van der Waals surface area (Å²) in [6, 6.07) is 21.7. The predicted molar refractivity (Wildman–Crippen MR) is 125 cm³/mol. The summed E-state index contributed by atoms with van der Waals surface area (Å²) in [5.74, 6) is -0.563. The number of ether oxygens (including phenoxy) is 1. The molecule has 4 rings (SSSR count). The van der Waals surface area contributed by atoms with E-state index in [0.717, 1.165) is 0 Å². The number of carbonyl (C=O) groups is 2. The first-order chi connectivity index (χ1) is 15.9. The largest absolute Gasteiger partial charge is 0.506 e. The lowest BCUT2D eigenvalue weighted by Gasteiger charge is -2.28. The Hall–Kier alpha value is -4.06. The Labute approximate surface area is 192 Å². The van der Waals surface area contributed by atoms with Crippen molar-refractivity contribution in [1.29, 1.82) is 0 Å². The Morgan fingerprint density at radius 2 is 1.61 bits per heavy atom. The number of benzene rings is 3. The first kappa shape index (κ1) is 22.1. The molecule has 0 saturated heterocycles. The van der Waals surface area contributed by atoms with Crippen LogP contribution in [0.25, 0.3) is 0 Å². The molecule has 1 aliphatic heterocycles. The maximum absolute atomic E-state index is 13.1. The van der Waals surface area contributed by atoms with Gasteiger partial charge in [-0.2, -0.15) is 0 Å². The molecule has 6 nitrogen and oxygen atoms in total. The van der Waals surface area contributed by atoms with Gasteiger partial charge in [0.15, 0.2) is 11.5 Å². The van der Waals surface area contributed by atoms with Gasteiger partial charge in [0.05, 0.1) is 17.3 Å². The SMILES string of the molecule is CC(C)CC(=O)C1=C(O)C(=O)N(c2ccccc2O)C1c1cccc(Oc2ccccc2)c1. The Morgan fingerprint density at radius 1 is 0.939 bits per heavy atom. The monoisotopic (exact) mass is 443 g/mol. The molecule has 168 valence electrons. The molecule has 1 amide bonds. The average molecular weight is 443 g/mol. The van der Waals surface area contributed by atoms with E-state index in [4.69, 9.17) is 4.74 Å². The van der Waals surface area contributed by atoms with Crippen molar-refractivity contribution in [2.75, 3.05) is 4.90 Å². The number of para-hydroxylation sites is 3. The second-order valence-electron chi connectivity index (χ2n) is 8.34. The highest BCUT2D eigenvalue weighted by atomic mass is 16.5. The van der Waals surface area contributed by atoms with Gasteiger partial charge in [-0.1, -0.05) is 56.3 Å². The van der Waals surface area contributed by atoms with Crippen LogP contribution in [0.4, 0.5) is 5.69 Å². The van der Waals surface area contributed by atoms with Crippen LogP contribution in [0.3, 0.4) is 0 Å². The number of nitrogens with zero attached hydrogens (tertiary/aromatic N) is 1. The summed E-state index contributed by atoms with van der Waals surface area (Å²) in [6.07, 6.45) is 0.179. The summed E-state index contributed by atoms with van der Waals surface area (Å²) in [6.45, 7) is 3.80. The number of phenols is 1. The first-order valence-electron chi connectivity index (χ1n) is 10.8. The number of hydrogen-bond donors (Lipinski definition) is 2. The Bertz CT molecular complexity index is 1220. The van der Waals surface area contributed by atoms with Gasteiger partial charge < -0.3 is 14.9 Å². The molecule has 33 heavy (non-hydrogen) atoms. The van der Waals surface area contributed by atoms with E-state index in [-0.39, 0.29) is 35.1 Å². The summed E-state index contributed by atoms with van der Waals surface area (Å²) in [7, 11) is 0. The fourth-order valence-corrected chi connectivity index (χ4v) is 3.98. The number of ketones is 1. The molecule has 0 aliphatic carbocycles. The number of aliphatic hydroxyl groups excluding tert-OH is 1. The number of Topliss-reactive ketones (excluding diaryl/α,β-unsaturated/α-hetero) is 1. The third kappa shape index (κ3) is 4.46. The van der Waals surface area contributed by atoms with Crippen molar-refractivity contribution >= 4 is 17.4 Å². The van der Waals surface area contributed by atoms with Crippen molar-refractivity contribution in [2.45, 2.75) is 26.3 Å². The second-order valence-corrected chi connectivity index (χ2v) is 8.34. The van der Waals surface area contributed by atoms with E-state index in [0.29, 0.717) is 17.1 Å². The minimum absolute atomic E-state index is 0.0221. The first-order valence-corrected chi connectivity index (χ1v) is 10.8. The second kappa shape index (κ2) is 9.20. The molecule has 1 atom stereocenters. The van der Waals surface area contributed by atoms with Gasteiger partial charge in [-0.15, -0.1) is 0 Å². The normalized spacial score (nSPS) is 15.9. The minimum Gasteiger partial charge on any atom is -0.506 e. The van der Waals surface area contributed by atoms with Crippen molar-refractivity contribution in [1.82, 2.24) is 0 Å². The fourth-order valence-electron chi connectivity index (χ4n) is 3.98. The highest BCUT2D eigenvalue weighted by Crippen LogP contribution is 2.45. The van der Waals surface area contributed by atoms with Gasteiger partial charge in [0.2, 0.25) is 0 Å². The van der Waals surface area contributed by atoms with Gasteiger partial charge >= 0.3 is 0 Å². The zero-order valence-corrected chi connectivity index (χ0v) is 18.4. The van der Waals surface area contributed by atoms with Crippen molar-refractivity contribution in [3.05, 3.63) is 95.8 Å². The maximum atomic E-state index is 13.1. The number of hydrogen-bond acceptors (Lipinski definition) is 5. The molecular weight excluding hydrogens is 418 g/mol. The fraction of sp³-hybridized carbons (Fsp3) is 0.185. The Balaban J connectivity index is 1.81. The van der Waals surface area contributed by atoms with Crippen LogP contribution in [-0.4, -0.2) is 21.9 Å². The third-order valence-electron chi connectivity index (χ3n) is 5.40. The van der Waals surface area contributed by atoms with Gasteiger partial charge in [-0.05, 0) is 47.9 Å². The van der Waals surface area contributed by atoms with Crippen molar-refractivity contribution in [3.63, 3.8) is 0 Å². The van der Waals surface area contributed by atoms with Crippen LogP contribution < -0.4 is 9.64 Å². The third-order valence-corrected chi connectivity index (χ3v) is 5.40. The van der Waals surface area contributed by atoms with Crippen LogP contribution in [0.15, 0.2) is 90.2 Å². The van der Waals surface area contributed by atoms with Crippen LogP contribution >= 0.6 is 0 Å². The summed E-state index contributed by atoms with van der Waals surface area (Å²) >= 11 is 0. The number of rotatable bonds is 7. The Morgan fingerprint density at radius 3 is 2.30 bits per heavy atom. The summed E-state index contributed by atoms with van der Waals surface area (Å²) < 4.78 is 5.94. The number of aliphatic hydroxyl groups is 1. The molecule has 3 aromatic rings. The lowest BCUT2D eigenvalue weighted by Crippen LogP contribution is -2.31. The topological polar surface area (TPSA) is 87.1 Å². The van der Waals surface area contributed by atoms with Crippen LogP contribution in [0.5, 0.6) is 17.2 Å². The molecule has 1 heterocycles. The lowest BCUT2D eigenvalue weighted by molar-refractivity contribution is -0.118. The van der Waals surface area contributed by atoms with E-state index in [9.17, 15) is 19.8 Å². The predicted octanol–water partition coefficient (Wildman–Crippen LogP) is 5.70. The quantitative estimate of drug-likeness (QED) is 0.489. The van der Waals surface area contributed by atoms with E-state index in [1.807, 2.05) is 44.2 Å². The zero-order valence-electron chi connectivity index (χ0n) is 18.4. The zero-order chi connectivity index (χ0) is 23.5. The van der Waals surface area contributed by atoms with E-state index >= 15 is 0 Å². The van der Waals surface area contributed by atoms with Gasteiger partial charge in [0.1, 0.15) is 17.2 Å². The Kier molecular flexibility index (Phi) is 6.18.